The number of hydrogen-bond acceptors (Lipinski definition) is 12. The van der Waals surface area contributed by atoms with Crippen molar-refractivity contribution in [1.82, 2.24) is 0 Å². The molecule has 0 unspecified atom stereocenters. The molecule has 16 heteroatoms. The van der Waals surface area contributed by atoms with Crippen LogP contribution < -0.4 is 0 Å². The quantitative estimate of drug-likeness (QED) is 0.117. The maximum absolute atomic E-state index is 12.3. The number of aliphatic hydroxyl groups excluding tert-OH is 6. The Labute approximate surface area is 153 Å². The van der Waals surface area contributed by atoms with Crippen molar-refractivity contribution >= 4 is 8.80 Å². The lowest BCUT2D eigenvalue weighted by molar-refractivity contribution is -0.168. The molecular weight excluding hydrogens is 409 g/mol. The Kier molecular flexibility index (Phi) is 18.7. The maximum Gasteiger partial charge on any atom is 0.621 e. The Morgan fingerprint density at radius 1 is 0.593 bits per heavy atom. The fraction of sp³-hybridized carbons (Fsp3) is 1.00. The maximum atomic E-state index is 12.3. The van der Waals surface area contributed by atoms with Gasteiger partial charge in [-0.3, -0.25) is 0 Å². The highest BCUT2D eigenvalue weighted by atomic mass is 28.4. The lowest BCUT2D eigenvalue weighted by atomic mass is 10.2. The second-order valence-electron chi connectivity index (χ2n) is 4.24. The lowest BCUT2D eigenvalue weighted by Gasteiger charge is -2.28. The molecule has 0 radical (unpaired) electrons. The van der Waals surface area contributed by atoms with Crippen LogP contribution in [0, 0.1) is 5.92 Å². The normalized spacial score (nSPS) is 12.2. The number of aliphatic hydroxyl groups is 6. The predicted molar refractivity (Wildman–Crippen MR) is 78.9 cm³/mol. The molecule has 0 aromatic rings. The Bertz CT molecular complexity index is 289. The molecule has 0 aliphatic carbocycles. The minimum absolute atomic E-state index is 0.105. The zero-order valence-electron chi connectivity index (χ0n) is 14.2. The van der Waals surface area contributed by atoms with Gasteiger partial charge in [0.05, 0.1) is 19.8 Å². The van der Waals surface area contributed by atoms with Crippen molar-refractivity contribution in [3.8, 4) is 0 Å². The molecule has 0 amide bonds. The molecule has 0 bridgehead atoms. The molecule has 0 aromatic heterocycles. The van der Waals surface area contributed by atoms with Crippen LogP contribution in [0.25, 0.3) is 0 Å². The molecule has 0 atom stereocenters. The Morgan fingerprint density at radius 3 is 1.07 bits per heavy atom. The van der Waals surface area contributed by atoms with Crippen molar-refractivity contribution in [2.24, 2.45) is 5.92 Å². The first-order chi connectivity index (χ1) is 12.8. The number of rotatable bonds is 15. The monoisotopic (exact) mass is 434 g/mol. The highest BCUT2D eigenvalue weighted by Gasteiger charge is 2.67. The number of hydrogen-bond donors (Lipinski definition) is 6. The summed E-state index contributed by atoms with van der Waals surface area (Å²) in [6.07, 6.45) is 0. The van der Waals surface area contributed by atoms with E-state index >= 15 is 0 Å². The summed E-state index contributed by atoms with van der Waals surface area (Å²) in [6.45, 7) is -4.22. The van der Waals surface area contributed by atoms with Crippen LogP contribution in [0.3, 0.4) is 0 Å². The molecule has 0 rings (SSSR count). The molecule has 0 heterocycles. The third-order valence-electron chi connectivity index (χ3n) is 2.45. The van der Waals surface area contributed by atoms with Gasteiger partial charge in [-0.05, 0) is 0 Å². The van der Waals surface area contributed by atoms with Crippen molar-refractivity contribution in [2.45, 2.75) is 5.80 Å². The standard InChI is InChI=1S/C7H16O6.C4H9F3O6Si/c8-4-11-1-7(2-12-5-9)3-13-6-10;5-4(6,7)14(11-1-8,12-2-9)13-3-10/h7-10H,1-6H2;8-10H,1-3H2. The van der Waals surface area contributed by atoms with Crippen LogP contribution in [0.2, 0.25) is 0 Å². The van der Waals surface area contributed by atoms with E-state index in [-0.39, 0.29) is 46.1 Å². The van der Waals surface area contributed by atoms with Crippen LogP contribution in [-0.2, 0) is 27.5 Å². The van der Waals surface area contributed by atoms with Crippen LogP contribution >= 0.6 is 0 Å². The van der Waals surface area contributed by atoms with Gasteiger partial charge in [0.25, 0.3) is 0 Å². The molecule has 6 N–H and O–H groups in total. The number of alkyl halides is 3. The van der Waals surface area contributed by atoms with Crippen LogP contribution in [-0.4, -0.2) is 106 Å². The second-order valence-corrected chi connectivity index (χ2v) is 6.79. The van der Waals surface area contributed by atoms with E-state index in [0.29, 0.717) is 0 Å². The topological polar surface area (TPSA) is 177 Å². The first kappa shape index (κ1) is 28.7. The third kappa shape index (κ3) is 13.4. The zero-order chi connectivity index (χ0) is 21.2. The van der Waals surface area contributed by atoms with Crippen molar-refractivity contribution in [3.05, 3.63) is 0 Å². The first-order valence-corrected chi connectivity index (χ1v) is 8.87. The molecule has 0 saturated carbocycles. The van der Waals surface area contributed by atoms with Crippen LogP contribution in [0.4, 0.5) is 13.2 Å². The molecule has 27 heavy (non-hydrogen) atoms. The van der Waals surface area contributed by atoms with Gasteiger partial charge in [0.2, 0.25) is 0 Å². The second kappa shape index (κ2) is 17.6. The van der Waals surface area contributed by atoms with Gasteiger partial charge >= 0.3 is 14.6 Å². The van der Waals surface area contributed by atoms with Gasteiger partial charge in [-0.25, -0.2) is 0 Å². The van der Waals surface area contributed by atoms with Gasteiger partial charge in [0.1, 0.15) is 40.8 Å². The lowest BCUT2D eigenvalue weighted by Crippen LogP contribution is -2.59. The van der Waals surface area contributed by atoms with E-state index < -0.39 is 35.0 Å². The first-order valence-electron chi connectivity index (χ1n) is 7.15. The summed E-state index contributed by atoms with van der Waals surface area (Å²) in [7, 11) is -5.25. The van der Waals surface area contributed by atoms with Crippen molar-refractivity contribution in [1.29, 1.82) is 0 Å². The smallest absolute Gasteiger partial charge is 0.372 e. The Balaban J connectivity index is 0. The van der Waals surface area contributed by atoms with E-state index in [4.69, 9.17) is 44.8 Å². The van der Waals surface area contributed by atoms with Gasteiger partial charge in [0, 0.05) is 5.92 Å². The summed E-state index contributed by atoms with van der Waals surface area (Å²) in [4.78, 5) is 0. The Hall–Kier alpha value is -0.473. The summed E-state index contributed by atoms with van der Waals surface area (Å²) in [5.74, 6) is -5.15. The summed E-state index contributed by atoms with van der Waals surface area (Å²) in [5.41, 5.74) is 0. The third-order valence-corrected chi connectivity index (χ3v) is 4.67. The van der Waals surface area contributed by atoms with Crippen molar-refractivity contribution in [2.75, 3.05) is 60.6 Å². The molecule has 0 aliphatic heterocycles. The summed E-state index contributed by atoms with van der Waals surface area (Å²) < 4.78 is 62.7. The molecule has 166 valence electrons. The molecule has 0 spiro atoms. The highest BCUT2D eigenvalue weighted by Crippen LogP contribution is 2.31. The Morgan fingerprint density at radius 2 is 0.889 bits per heavy atom. The largest absolute Gasteiger partial charge is 0.621 e. The van der Waals surface area contributed by atoms with E-state index in [1.54, 1.807) is 0 Å². The van der Waals surface area contributed by atoms with Crippen LogP contribution in [0.15, 0.2) is 0 Å². The van der Waals surface area contributed by atoms with Gasteiger partial charge in [0.15, 0.2) is 0 Å². The van der Waals surface area contributed by atoms with Crippen LogP contribution in [0.1, 0.15) is 0 Å². The van der Waals surface area contributed by atoms with Crippen molar-refractivity contribution in [3.63, 3.8) is 0 Å². The summed E-state index contributed by atoms with van der Waals surface area (Å²) in [6, 6.07) is 0. The average molecular weight is 434 g/mol. The average Bonchev–Trinajstić information content (AvgIpc) is 2.61. The number of halogens is 3. The predicted octanol–water partition coefficient (Wildman–Crippen LogP) is -2.57. The molecule has 0 fully saturated rings. The zero-order valence-corrected chi connectivity index (χ0v) is 15.2. The minimum atomic E-state index is -5.25. The SMILES string of the molecule is OCOCC(COCO)COCO.OCO[Si](OCO)(OCO)C(F)(F)F. The van der Waals surface area contributed by atoms with Crippen molar-refractivity contribution < 1.29 is 71.3 Å². The van der Waals surface area contributed by atoms with Gasteiger partial charge < -0.3 is 58.1 Å². The molecule has 0 aliphatic rings. The fourth-order valence-corrected chi connectivity index (χ4v) is 2.68. The number of ether oxygens (including phenoxy) is 3. The summed E-state index contributed by atoms with van der Waals surface area (Å²) >= 11 is 0. The van der Waals surface area contributed by atoms with Gasteiger partial charge in [-0.2, -0.15) is 13.2 Å². The minimum Gasteiger partial charge on any atom is -0.372 e. The van der Waals surface area contributed by atoms with E-state index in [1.807, 2.05) is 0 Å². The van der Waals surface area contributed by atoms with E-state index in [0.717, 1.165) is 0 Å². The fourth-order valence-electron chi connectivity index (χ4n) is 1.43. The molecule has 12 nitrogen and oxygen atoms in total. The van der Waals surface area contributed by atoms with E-state index in [1.165, 1.54) is 0 Å². The molecule has 0 aromatic carbocycles. The summed E-state index contributed by atoms with van der Waals surface area (Å²) in [5, 5.41) is 49.7. The highest BCUT2D eigenvalue weighted by molar-refractivity contribution is 6.62. The van der Waals surface area contributed by atoms with E-state index in [9.17, 15) is 13.2 Å². The van der Waals surface area contributed by atoms with Crippen LogP contribution in [0.5, 0.6) is 0 Å². The van der Waals surface area contributed by atoms with E-state index in [2.05, 4.69) is 13.3 Å². The van der Waals surface area contributed by atoms with Gasteiger partial charge in [-0.1, -0.05) is 0 Å². The van der Waals surface area contributed by atoms with Gasteiger partial charge in [-0.15, -0.1) is 0 Å². The molecule has 0 saturated heterocycles. The molecular formula is C11H25F3O12Si.